The Balaban J connectivity index is 1.84. The van der Waals surface area contributed by atoms with Gasteiger partial charge in [-0.05, 0) is 34.6 Å². The molecule has 2 heterocycles. The molecular formula is C17H28N2O7. The number of carbonyl (C=O) groups is 3. The maximum Gasteiger partial charge on any atom is 0.408 e. The van der Waals surface area contributed by atoms with Crippen LogP contribution in [0.5, 0.6) is 0 Å². The number of ether oxygens (including phenoxy) is 3. The molecule has 0 unspecified atom stereocenters. The number of piperidine rings is 1. The molecule has 0 aliphatic carbocycles. The van der Waals surface area contributed by atoms with Gasteiger partial charge in [0.15, 0.2) is 0 Å². The summed E-state index contributed by atoms with van der Waals surface area (Å²) in [6.45, 7) is 8.98. The summed E-state index contributed by atoms with van der Waals surface area (Å²) in [7, 11) is 0. The van der Waals surface area contributed by atoms with E-state index in [0.29, 0.717) is 12.8 Å². The van der Waals surface area contributed by atoms with Crippen LogP contribution in [0.25, 0.3) is 0 Å². The zero-order valence-corrected chi connectivity index (χ0v) is 15.9. The van der Waals surface area contributed by atoms with Crippen molar-refractivity contribution >= 4 is 18.0 Å². The fourth-order valence-electron chi connectivity index (χ4n) is 3.51. The molecule has 0 aromatic heterocycles. The van der Waals surface area contributed by atoms with Gasteiger partial charge in [0.1, 0.15) is 24.9 Å². The van der Waals surface area contributed by atoms with Crippen molar-refractivity contribution in [3.05, 3.63) is 0 Å². The van der Waals surface area contributed by atoms with Gasteiger partial charge in [-0.3, -0.25) is 4.79 Å². The number of alkyl carbamates (subject to hydrolysis) is 1. The van der Waals surface area contributed by atoms with E-state index in [1.807, 2.05) is 27.7 Å². The summed E-state index contributed by atoms with van der Waals surface area (Å²) in [6.07, 6.45) is -0.803. The number of carbonyl (C=O) groups excluding carboxylic acids is 3. The van der Waals surface area contributed by atoms with E-state index >= 15 is 0 Å². The van der Waals surface area contributed by atoms with Crippen molar-refractivity contribution in [2.24, 2.45) is 0 Å². The number of hydrogen-bond acceptors (Lipinski definition) is 8. The topological polar surface area (TPSA) is 114 Å². The first kappa shape index (κ1) is 20.4. The minimum atomic E-state index is -0.919. The van der Waals surface area contributed by atoms with Crippen molar-refractivity contribution in [2.45, 2.75) is 83.2 Å². The summed E-state index contributed by atoms with van der Waals surface area (Å²) in [5.74, 6) is -1.07. The Morgan fingerprint density at radius 1 is 1.19 bits per heavy atom. The number of rotatable bonds is 4. The molecule has 2 aliphatic rings. The van der Waals surface area contributed by atoms with E-state index in [9.17, 15) is 19.6 Å². The van der Waals surface area contributed by atoms with Crippen LogP contribution in [0, 0.1) is 0 Å². The second-order valence-corrected chi connectivity index (χ2v) is 8.18. The number of cyclic esters (lactones) is 1. The van der Waals surface area contributed by atoms with Crippen LogP contribution in [0.2, 0.25) is 0 Å². The summed E-state index contributed by atoms with van der Waals surface area (Å²) in [6, 6.07) is -0.919. The Morgan fingerprint density at radius 2 is 1.77 bits per heavy atom. The third kappa shape index (κ3) is 4.85. The first-order chi connectivity index (χ1) is 11.9. The first-order valence-corrected chi connectivity index (χ1v) is 8.73. The summed E-state index contributed by atoms with van der Waals surface area (Å²) in [4.78, 5) is 35.1. The quantitative estimate of drug-likeness (QED) is 0.562. The minimum absolute atomic E-state index is 0.0206. The highest BCUT2D eigenvalue weighted by molar-refractivity contribution is 5.81. The lowest BCUT2D eigenvalue weighted by Crippen LogP contribution is -2.61. The normalized spacial score (nSPS) is 26.7. The Hall–Kier alpha value is -1.87. The molecule has 0 aromatic carbocycles. The molecule has 9 heteroatoms. The van der Waals surface area contributed by atoms with Crippen LogP contribution in [0.1, 0.15) is 53.9 Å². The van der Waals surface area contributed by atoms with Crippen LogP contribution < -0.4 is 5.32 Å². The third-order valence-corrected chi connectivity index (χ3v) is 4.67. The Kier molecular flexibility index (Phi) is 5.82. The molecule has 148 valence electrons. The van der Waals surface area contributed by atoms with Gasteiger partial charge in [-0.25, -0.2) is 9.59 Å². The van der Waals surface area contributed by atoms with Crippen molar-refractivity contribution in [1.82, 2.24) is 10.4 Å². The maximum atomic E-state index is 12.1. The van der Waals surface area contributed by atoms with Crippen LogP contribution in [0.4, 0.5) is 4.79 Å². The predicted octanol–water partition coefficient (Wildman–Crippen LogP) is 1.37. The smallest absolute Gasteiger partial charge is 0.408 e. The molecule has 1 amide bonds. The van der Waals surface area contributed by atoms with Gasteiger partial charge in [0.05, 0.1) is 6.42 Å². The van der Waals surface area contributed by atoms with Crippen molar-refractivity contribution < 1.29 is 33.8 Å². The Bertz CT molecular complexity index is 557. The summed E-state index contributed by atoms with van der Waals surface area (Å²) < 4.78 is 15.3. The zero-order chi connectivity index (χ0) is 19.7. The summed E-state index contributed by atoms with van der Waals surface area (Å²) in [5, 5.41) is 14.0. The highest BCUT2D eigenvalue weighted by atomic mass is 16.6. The Labute approximate surface area is 152 Å². The van der Waals surface area contributed by atoms with E-state index in [1.165, 1.54) is 12.0 Å². The molecule has 26 heavy (non-hydrogen) atoms. The van der Waals surface area contributed by atoms with Gasteiger partial charge in [-0.15, -0.1) is 0 Å². The fourth-order valence-corrected chi connectivity index (χ4v) is 3.51. The van der Waals surface area contributed by atoms with Gasteiger partial charge >= 0.3 is 18.0 Å². The summed E-state index contributed by atoms with van der Waals surface area (Å²) >= 11 is 0. The SMILES string of the molecule is C[C@H](NC(=O)OC1CC(C)(C)N(O)C(C)(C)C1)C(=O)O[C@H]1COC(=O)C1. The predicted molar refractivity (Wildman–Crippen MR) is 89.3 cm³/mol. The molecule has 2 rings (SSSR count). The van der Waals surface area contributed by atoms with Crippen LogP contribution in [-0.4, -0.2) is 64.2 Å². The fraction of sp³-hybridized carbons (Fsp3) is 0.824. The molecule has 0 saturated carbocycles. The second-order valence-electron chi connectivity index (χ2n) is 8.18. The minimum Gasteiger partial charge on any atom is -0.462 e. The van der Waals surface area contributed by atoms with E-state index in [2.05, 4.69) is 5.32 Å². The maximum absolute atomic E-state index is 12.1. The molecule has 2 saturated heterocycles. The standard InChI is InChI=1S/C17H28N2O7/c1-10(14(21)25-11-6-13(20)24-9-11)18-15(22)26-12-7-16(2,3)19(23)17(4,5)8-12/h10-12,23H,6-9H2,1-5H3,(H,18,22)/t10-,11+/m0/s1. The lowest BCUT2D eigenvalue weighted by atomic mass is 9.80. The van der Waals surface area contributed by atoms with E-state index in [-0.39, 0.29) is 13.0 Å². The molecule has 0 radical (unpaired) electrons. The summed E-state index contributed by atoms with van der Waals surface area (Å²) in [5.41, 5.74) is -1.10. The van der Waals surface area contributed by atoms with E-state index in [4.69, 9.17) is 14.2 Å². The molecule has 2 N–H and O–H groups in total. The van der Waals surface area contributed by atoms with Crippen LogP contribution in [0.3, 0.4) is 0 Å². The largest absolute Gasteiger partial charge is 0.462 e. The number of nitrogens with one attached hydrogen (secondary N) is 1. The molecule has 0 aromatic rings. The first-order valence-electron chi connectivity index (χ1n) is 8.73. The van der Waals surface area contributed by atoms with E-state index in [1.54, 1.807) is 0 Å². The number of nitrogens with zero attached hydrogens (tertiary/aromatic N) is 1. The van der Waals surface area contributed by atoms with Gasteiger partial charge < -0.3 is 24.7 Å². The second kappa shape index (κ2) is 7.40. The van der Waals surface area contributed by atoms with Crippen molar-refractivity contribution in [1.29, 1.82) is 0 Å². The highest BCUT2D eigenvalue weighted by Crippen LogP contribution is 2.37. The zero-order valence-electron chi connectivity index (χ0n) is 15.9. The van der Waals surface area contributed by atoms with Gasteiger partial charge in [-0.2, -0.15) is 5.06 Å². The molecule has 9 nitrogen and oxygen atoms in total. The molecular weight excluding hydrogens is 344 g/mol. The number of amides is 1. The third-order valence-electron chi connectivity index (χ3n) is 4.67. The number of esters is 2. The van der Waals surface area contributed by atoms with Gasteiger partial charge in [-0.1, -0.05) is 0 Å². The van der Waals surface area contributed by atoms with Crippen molar-refractivity contribution in [3.63, 3.8) is 0 Å². The van der Waals surface area contributed by atoms with Gasteiger partial charge in [0.2, 0.25) is 0 Å². The van der Waals surface area contributed by atoms with Crippen LogP contribution in [-0.2, 0) is 23.8 Å². The lowest BCUT2D eigenvalue weighted by molar-refractivity contribution is -0.256. The lowest BCUT2D eigenvalue weighted by Gasteiger charge is -2.50. The van der Waals surface area contributed by atoms with E-state index in [0.717, 1.165) is 0 Å². The molecule has 2 fully saturated rings. The highest BCUT2D eigenvalue weighted by Gasteiger charge is 2.46. The van der Waals surface area contributed by atoms with Gasteiger partial charge in [0, 0.05) is 23.9 Å². The number of hydroxylamine groups is 2. The van der Waals surface area contributed by atoms with Crippen molar-refractivity contribution in [2.75, 3.05) is 6.61 Å². The van der Waals surface area contributed by atoms with E-state index < -0.39 is 47.4 Å². The molecule has 2 atom stereocenters. The monoisotopic (exact) mass is 372 g/mol. The Morgan fingerprint density at radius 3 is 2.27 bits per heavy atom. The number of hydrogen-bond donors (Lipinski definition) is 2. The average Bonchev–Trinajstić information content (AvgIpc) is 2.89. The van der Waals surface area contributed by atoms with Gasteiger partial charge in [0.25, 0.3) is 0 Å². The van der Waals surface area contributed by atoms with Crippen LogP contribution >= 0.6 is 0 Å². The molecule has 2 aliphatic heterocycles. The van der Waals surface area contributed by atoms with Crippen molar-refractivity contribution in [3.8, 4) is 0 Å². The molecule has 0 spiro atoms. The molecule has 0 bridgehead atoms. The average molecular weight is 372 g/mol. The van der Waals surface area contributed by atoms with Crippen LogP contribution in [0.15, 0.2) is 0 Å².